The van der Waals surface area contributed by atoms with Crippen LogP contribution in [0.4, 0.5) is 5.82 Å². The minimum absolute atomic E-state index is 0.808. The molecule has 20 heavy (non-hydrogen) atoms. The van der Waals surface area contributed by atoms with E-state index in [9.17, 15) is 0 Å². The first-order chi connectivity index (χ1) is 9.92. The van der Waals surface area contributed by atoms with Crippen LogP contribution in [0.25, 0.3) is 11.0 Å². The number of aromatic amines is 1. The van der Waals surface area contributed by atoms with Crippen LogP contribution in [0.15, 0.2) is 18.6 Å². The first-order valence-electron chi connectivity index (χ1n) is 7.65. The third-order valence-electron chi connectivity index (χ3n) is 4.86. The summed E-state index contributed by atoms with van der Waals surface area (Å²) in [6, 6.07) is 2.09. The lowest BCUT2D eigenvalue weighted by Gasteiger charge is -2.36. The second kappa shape index (κ2) is 5.05. The van der Waals surface area contributed by atoms with Gasteiger partial charge in [-0.1, -0.05) is 0 Å². The van der Waals surface area contributed by atoms with Crippen molar-refractivity contribution >= 4 is 16.9 Å². The Bertz CT molecular complexity index is 587. The maximum Gasteiger partial charge on any atom is 0.142 e. The summed E-state index contributed by atoms with van der Waals surface area (Å²) in [6.07, 6.45) is 7.60. The average Bonchev–Trinajstić information content (AvgIpc) is 3.18. The molecule has 2 unspecified atom stereocenters. The fraction of sp³-hybridized carbons (Fsp3) is 0.600. The summed E-state index contributed by atoms with van der Waals surface area (Å²) >= 11 is 0. The zero-order valence-corrected chi connectivity index (χ0v) is 11.7. The topological polar surface area (TPSA) is 56.8 Å². The largest absolute Gasteiger partial charge is 0.356 e. The summed E-state index contributed by atoms with van der Waals surface area (Å²) in [5, 5.41) is 4.65. The van der Waals surface area contributed by atoms with E-state index in [4.69, 9.17) is 0 Å². The molecule has 2 fully saturated rings. The SMILES string of the molecule is c1nc(N2CCCC(C3CCNC3)C2)c2cc[nH]c2n1. The fourth-order valence-corrected chi connectivity index (χ4v) is 3.78. The number of nitrogens with zero attached hydrogens (tertiary/aromatic N) is 3. The van der Waals surface area contributed by atoms with E-state index in [1.807, 2.05) is 6.20 Å². The van der Waals surface area contributed by atoms with E-state index < -0.39 is 0 Å². The molecule has 0 radical (unpaired) electrons. The number of hydrogen-bond donors (Lipinski definition) is 2. The Morgan fingerprint density at radius 3 is 3.10 bits per heavy atom. The maximum absolute atomic E-state index is 4.54. The van der Waals surface area contributed by atoms with Gasteiger partial charge in [-0.25, -0.2) is 9.97 Å². The highest BCUT2D eigenvalue weighted by atomic mass is 15.2. The van der Waals surface area contributed by atoms with Crippen LogP contribution in [0.1, 0.15) is 19.3 Å². The summed E-state index contributed by atoms with van der Waals surface area (Å²) in [7, 11) is 0. The highest BCUT2D eigenvalue weighted by Crippen LogP contribution is 2.32. The van der Waals surface area contributed by atoms with Gasteiger partial charge in [-0.15, -0.1) is 0 Å². The Morgan fingerprint density at radius 1 is 1.20 bits per heavy atom. The number of hydrogen-bond acceptors (Lipinski definition) is 4. The van der Waals surface area contributed by atoms with Gasteiger partial charge in [0.15, 0.2) is 0 Å². The molecule has 2 atom stereocenters. The molecule has 4 rings (SSSR count). The first-order valence-corrected chi connectivity index (χ1v) is 7.65. The Kier molecular flexibility index (Phi) is 3.07. The molecule has 2 saturated heterocycles. The van der Waals surface area contributed by atoms with Crippen LogP contribution in [0, 0.1) is 11.8 Å². The molecule has 0 aliphatic carbocycles. The van der Waals surface area contributed by atoms with Crippen molar-refractivity contribution in [3.63, 3.8) is 0 Å². The number of anilines is 1. The molecular formula is C15H21N5. The highest BCUT2D eigenvalue weighted by Gasteiger charge is 2.30. The molecule has 5 heteroatoms. The van der Waals surface area contributed by atoms with Crippen molar-refractivity contribution in [2.75, 3.05) is 31.1 Å². The Balaban J connectivity index is 1.59. The van der Waals surface area contributed by atoms with Gasteiger partial charge in [0.2, 0.25) is 0 Å². The summed E-state index contributed by atoms with van der Waals surface area (Å²) < 4.78 is 0. The third-order valence-corrected chi connectivity index (χ3v) is 4.86. The highest BCUT2D eigenvalue weighted by molar-refractivity contribution is 5.87. The summed E-state index contributed by atoms with van der Waals surface area (Å²) in [5.41, 5.74) is 0.944. The Morgan fingerprint density at radius 2 is 2.20 bits per heavy atom. The second-order valence-corrected chi connectivity index (χ2v) is 6.04. The van der Waals surface area contributed by atoms with Crippen LogP contribution in [-0.4, -0.2) is 41.1 Å². The van der Waals surface area contributed by atoms with Crippen molar-refractivity contribution in [3.8, 4) is 0 Å². The molecule has 0 aromatic carbocycles. The van der Waals surface area contributed by atoms with Gasteiger partial charge in [-0.2, -0.15) is 0 Å². The number of nitrogens with one attached hydrogen (secondary N) is 2. The quantitative estimate of drug-likeness (QED) is 0.874. The molecule has 106 valence electrons. The number of aromatic nitrogens is 3. The van der Waals surface area contributed by atoms with Crippen LogP contribution >= 0.6 is 0 Å². The number of fused-ring (bicyclic) bond motifs is 1. The lowest BCUT2D eigenvalue weighted by molar-refractivity contribution is 0.302. The Labute approximate surface area is 118 Å². The van der Waals surface area contributed by atoms with E-state index in [1.54, 1.807) is 6.33 Å². The molecule has 2 aromatic heterocycles. The van der Waals surface area contributed by atoms with E-state index in [0.717, 1.165) is 41.8 Å². The van der Waals surface area contributed by atoms with Crippen molar-refractivity contribution in [1.29, 1.82) is 0 Å². The smallest absolute Gasteiger partial charge is 0.142 e. The molecule has 2 aromatic rings. The minimum atomic E-state index is 0.808. The monoisotopic (exact) mass is 271 g/mol. The maximum atomic E-state index is 4.54. The Hall–Kier alpha value is -1.62. The van der Waals surface area contributed by atoms with E-state index in [1.165, 1.54) is 32.4 Å². The molecule has 5 nitrogen and oxygen atoms in total. The molecule has 2 aliphatic heterocycles. The minimum Gasteiger partial charge on any atom is -0.356 e. The molecule has 0 amide bonds. The molecule has 0 bridgehead atoms. The van der Waals surface area contributed by atoms with Gasteiger partial charge in [0.05, 0.1) is 5.39 Å². The summed E-state index contributed by atoms with van der Waals surface area (Å²) in [5.74, 6) is 2.76. The van der Waals surface area contributed by atoms with Gasteiger partial charge in [-0.3, -0.25) is 0 Å². The number of H-pyrrole nitrogens is 1. The molecule has 4 heterocycles. The van der Waals surface area contributed by atoms with Gasteiger partial charge in [0.1, 0.15) is 17.8 Å². The number of piperidine rings is 1. The van der Waals surface area contributed by atoms with Crippen LogP contribution in [0.2, 0.25) is 0 Å². The van der Waals surface area contributed by atoms with Gasteiger partial charge < -0.3 is 15.2 Å². The van der Waals surface area contributed by atoms with Gasteiger partial charge in [0.25, 0.3) is 0 Å². The van der Waals surface area contributed by atoms with Crippen LogP contribution in [-0.2, 0) is 0 Å². The molecule has 0 saturated carbocycles. The standard InChI is InChI=1S/C15H21N5/c1-2-12(11-3-5-16-8-11)9-20(7-1)15-13-4-6-17-14(13)18-10-19-15/h4,6,10-12,16H,1-3,5,7-9H2,(H,17,18,19). The van der Waals surface area contributed by atoms with Crippen molar-refractivity contribution in [2.24, 2.45) is 11.8 Å². The zero-order chi connectivity index (χ0) is 13.4. The fourth-order valence-electron chi connectivity index (χ4n) is 3.78. The van der Waals surface area contributed by atoms with Crippen LogP contribution in [0.3, 0.4) is 0 Å². The normalized spacial score (nSPS) is 27.3. The summed E-state index contributed by atoms with van der Waals surface area (Å²) in [4.78, 5) is 14.5. The lowest BCUT2D eigenvalue weighted by atomic mass is 9.85. The van der Waals surface area contributed by atoms with E-state index in [0.29, 0.717) is 0 Å². The number of rotatable bonds is 2. The van der Waals surface area contributed by atoms with Gasteiger partial charge in [-0.05, 0) is 50.3 Å². The van der Waals surface area contributed by atoms with Crippen molar-refractivity contribution < 1.29 is 0 Å². The molecule has 2 N–H and O–H groups in total. The van der Waals surface area contributed by atoms with Crippen LogP contribution in [0.5, 0.6) is 0 Å². The zero-order valence-electron chi connectivity index (χ0n) is 11.7. The van der Waals surface area contributed by atoms with E-state index in [-0.39, 0.29) is 0 Å². The second-order valence-electron chi connectivity index (χ2n) is 6.04. The average molecular weight is 271 g/mol. The van der Waals surface area contributed by atoms with Crippen molar-refractivity contribution in [3.05, 3.63) is 18.6 Å². The summed E-state index contributed by atoms with van der Waals surface area (Å²) in [6.45, 7) is 4.65. The molecule has 2 aliphatic rings. The lowest BCUT2D eigenvalue weighted by Crippen LogP contribution is -2.39. The van der Waals surface area contributed by atoms with E-state index >= 15 is 0 Å². The van der Waals surface area contributed by atoms with E-state index in [2.05, 4.69) is 31.2 Å². The molecule has 0 spiro atoms. The van der Waals surface area contributed by atoms with Gasteiger partial charge >= 0.3 is 0 Å². The van der Waals surface area contributed by atoms with Crippen molar-refractivity contribution in [2.45, 2.75) is 19.3 Å². The van der Waals surface area contributed by atoms with Crippen molar-refractivity contribution in [1.82, 2.24) is 20.3 Å². The van der Waals surface area contributed by atoms with Gasteiger partial charge in [0, 0.05) is 19.3 Å². The molecular weight excluding hydrogens is 250 g/mol. The van der Waals surface area contributed by atoms with Crippen LogP contribution < -0.4 is 10.2 Å². The predicted octanol–water partition coefficient (Wildman–Crippen LogP) is 1.78. The first kappa shape index (κ1) is 12.1. The third kappa shape index (κ3) is 2.06. The predicted molar refractivity (Wildman–Crippen MR) is 79.8 cm³/mol.